The van der Waals surface area contributed by atoms with E-state index in [2.05, 4.69) is 12.2 Å². The molecule has 0 amide bonds. The fourth-order valence-corrected chi connectivity index (χ4v) is 0.487. The fourth-order valence-electron chi connectivity index (χ4n) is 0.487. The first-order chi connectivity index (χ1) is 5.83. The molecule has 0 heterocycles. The van der Waals surface area contributed by atoms with E-state index in [1.165, 1.54) is 0 Å². The van der Waals surface area contributed by atoms with E-state index < -0.39 is 0 Å². The summed E-state index contributed by atoms with van der Waals surface area (Å²) in [5, 5.41) is 11.1. The first-order valence-electron chi connectivity index (χ1n) is 4.55. The Balaban J connectivity index is 0. The standard InChI is InChI=1S/C4H13N3.C4H10O/c5-1-3-7-4-2-6;1-2-3-4-5/h7H,1-6H2;5H,2-4H2,1H3. The highest BCUT2D eigenvalue weighted by Crippen LogP contribution is 1.78. The van der Waals surface area contributed by atoms with Crippen LogP contribution in [0.25, 0.3) is 0 Å². The summed E-state index contributed by atoms with van der Waals surface area (Å²) < 4.78 is 0. The Hall–Kier alpha value is -0.160. The molecule has 0 radical (unpaired) electrons. The third-order valence-electron chi connectivity index (χ3n) is 1.15. The Labute approximate surface area is 75.3 Å². The maximum Gasteiger partial charge on any atom is 0.0430 e. The van der Waals surface area contributed by atoms with Gasteiger partial charge in [0.25, 0.3) is 0 Å². The quantitative estimate of drug-likeness (QED) is 0.403. The fraction of sp³-hybridized carbons (Fsp3) is 1.00. The number of aliphatic hydroxyl groups excluding tert-OH is 1. The summed E-state index contributed by atoms with van der Waals surface area (Å²) in [5.41, 5.74) is 10.3. The van der Waals surface area contributed by atoms with Gasteiger partial charge in [0.2, 0.25) is 0 Å². The van der Waals surface area contributed by atoms with Crippen molar-refractivity contribution in [3.8, 4) is 0 Å². The molecule has 0 unspecified atom stereocenters. The second kappa shape index (κ2) is 17.1. The Kier molecular flexibility index (Phi) is 20.4. The molecule has 0 aromatic rings. The smallest absolute Gasteiger partial charge is 0.0430 e. The van der Waals surface area contributed by atoms with Gasteiger partial charge in [-0.2, -0.15) is 0 Å². The molecule has 0 bridgehead atoms. The van der Waals surface area contributed by atoms with Crippen LogP contribution in [0.1, 0.15) is 19.8 Å². The molecule has 0 aromatic heterocycles. The van der Waals surface area contributed by atoms with Crippen LogP contribution >= 0.6 is 0 Å². The molecule has 4 nitrogen and oxygen atoms in total. The third-order valence-corrected chi connectivity index (χ3v) is 1.15. The Morgan fingerprint density at radius 2 is 1.67 bits per heavy atom. The number of hydrogen-bond donors (Lipinski definition) is 4. The molecule has 0 saturated heterocycles. The van der Waals surface area contributed by atoms with Gasteiger partial charge in [-0.25, -0.2) is 0 Å². The molecule has 0 rings (SSSR count). The second-order valence-corrected chi connectivity index (χ2v) is 2.40. The van der Waals surface area contributed by atoms with Gasteiger partial charge in [0, 0.05) is 32.8 Å². The van der Waals surface area contributed by atoms with Gasteiger partial charge >= 0.3 is 0 Å². The van der Waals surface area contributed by atoms with Gasteiger partial charge in [-0.15, -0.1) is 0 Å². The van der Waals surface area contributed by atoms with Crippen molar-refractivity contribution in [3.05, 3.63) is 0 Å². The lowest BCUT2D eigenvalue weighted by molar-refractivity contribution is 0.287. The monoisotopic (exact) mass is 177 g/mol. The van der Waals surface area contributed by atoms with Crippen LogP contribution in [0, 0.1) is 0 Å². The largest absolute Gasteiger partial charge is 0.396 e. The lowest BCUT2D eigenvalue weighted by Crippen LogP contribution is -2.27. The number of nitrogens with one attached hydrogen (secondary N) is 1. The topological polar surface area (TPSA) is 84.3 Å². The van der Waals surface area contributed by atoms with E-state index in [1.807, 2.05) is 0 Å². The SMILES string of the molecule is CCCCO.NCCNCCN. The number of nitrogens with two attached hydrogens (primary N) is 2. The maximum atomic E-state index is 8.07. The Morgan fingerprint density at radius 1 is 1.17 bits per heavy atom. The minimum Gasteiger partial charge on any atom is -0.396 e. The molecular formula is C8H23N3O. The van der Waals surface area contributed by atoms with Crippen molar-refractivity contribution in [1.82, 2.24) is 5.32 Å². The van der Waals surface area contributed by atoms with Crippen molar-refractivity contribution in [2.45, 2.75) is 19.8 Å². The van der Waals surface area contributed by atoms with E-state index in [0.717, 1.165) is 25.9 Å². The van der Waals surface area contributed by atoms with Crippen LogP contribution in [-0.4, -0.2) is 37.9 Å². The molecule has 12 heavy (non-hydrogen) atoms. The predicted octanol–water partition coefficient (Wildman–Crippen LogP) is -0.728. The lowest BCUT2D eigenvalue weighted by Gasteiger charge is -1.95. The molecule has 0 spiro atoms. The minimum atomic E-state index is 0.344. The van der Waals surface area contributed by atoms with Crippen LogP contribution in [0.2, 0.25) is 0 Å². The Bertz CT molecular complexity index is 56.3. The molecule has 0 aromatic carbocycles. The van der Waals surface area contributed by atoms with Crippen LogP contribution in [0.15, 0.2) is 0 Å². The van der Waals surface area contributed by atoms with Crippen LogP contribution in [-0.2, 0) is 0 Å². The Morgan fingerprint density at radius 3 is 1.83 bits per heavy atom. The number of rotatable bonds is 6. The second-order valence-electron chi connectivity index (χ2n) is 2.40. The zero-order valence-corrected chi connectivity index (χ0v) is 8.05. The average Bonchev–Trinajstić information content (AvgIpc) is 2.08. The highest BCUT2D eigenvalue weighted by atomic mass is 16.2. The van der Waals surface area contributed by atoms with Gasteiger partial charge in [0.1, 0.15) is 0 Å². The molecule has 6 N–H and O–H groups in total. The maximum absolute atomic E-state index is 8.07. The van der Waals surface area contributed by atoms with E-state index in [-0.39, 0.29) is 0 Å². The summed E-state index contributed by atoms with van der Waals surface area (Å²) >= 11 is 0. The highest BCUT2D eigenvalue weighted by molar-refractivity contribution is 4.45. The zero-order chi connectivity index (χ0) is 9.66. The van der Waals surface area contributed by atoms with E-state index in [9.17, 15) is 0 Å². The first kappa shape index (κ1) is 14.4. The van der Waals surface area contributed by atoms with Gasteiger partial charge in [-0.3, -0.25) is 0 Å². The lowest BCUT2D eigenvalue weighted by atomic mass is 10.4. The van der Waals surface area contributed by atoms with Crippen molar-refractivity contribution in [2.75, 3.05) is 32.8 Å². The first-order valence-corrected chi connectivity index (χ1v) is 4.55. The van der Waals surface area contributed by atoms with Crippen LogP contribution in [0.4, 0.5) is 0 Å². The summed E-state index contributed by atoms with van der Waals surface area (Å²) in [6, 6.07) is 0. The summed E-state index contributed by atoms with van der Waals surface area (Å²) in [7, 11) is 0. The van der Waals surface area contributed by atoms with Crippen molar-refractivity contribution in [3.63, 3.8) is 0 Å². The van der Waals surface area contributed by atoms with E-state index in [4.69, 9.17) is 16.6 Å². The molecular weight excluding hydrogens is 154 g/mol. The summed E-state index contributed by atoms with van der Waals surface area (Å²) in [6.07, 6.45) is 2.04. The molecule has 4 heteroatoms. The average molecular weight is 177 g/mol. The normalized spacial score (nSPS) is 9.00. The van der Waals surface area contributed by atoms with Gasteiger partial charge in [-0.05, 0) is 6.42 Å². The summed E-state index contributed by atoms with van der Waals surface area (Å²) in [4.78, 5) is 0. The van der Waals surface area contributed by atoms with Crippen molar-refractivity contribution >= 4 is 0 Å². The molecule has 0 aliphatic heterocycles. The molecule has 0 saturated carbocycles. The molecule has 76 valence electrons. The van der Waals surface area contributed by atoms with E-state index in [1.54, 1.807) is 0 Å². The van der Waals surface area contributed by atoms with Gasteiger partial charge in [-0.1, -0.05) is 13.3 Å². The highest BCUT2D eigenvalue weighted by Gasteiger charge is 1.76. The molecule has 0 aliphatic carbocycles. The number of aliphatic hydroxyl groups is 1. The van der Waals surface area contributed by atoms with Crippen LogP contribution in [0.3, 0.4) is 0 Å². The van der Waals surface area contributed by atoms with Crippen LogP contribution < -0.4 is 16.8 Å². The van der Waals surface area contributed by atoms with Crippen molar-refractivity contribution in [1.29, 1.82) is 0 Å². The summed E-state index contributed by atoms with van der Waals surface area (Å²) in [5.74, 6) is 0. The number of hydrogen-bond acceptors (Lipinski definition) is 4. The molecule has 0 fully saturated rings. The van der Waals surface area contributed by atoms with Crippen LogP contribution in [0.5, 0.6) is 0 Å². The van der Waals surface area contributed by atoms with E-state index >= 15 is 0 Å². The molecule has 0 aliphatic rings. The third kappa shape index (κ3) is 22.5. The number of unbranched alkanes of at least 4 members (excludes halogenated alkanes) is 1. The van der Waals surface area contributed by atoms with Gasteiger partial charge < -0.3 is 21.9 Å². The van der Waals surface area contributed by atoms with Crippen molar-refractivity contribution < 1.29 is 5.11 Å². The van der Waals surface area contributed by atoms with Crippen molar-refractivity contribution in [2.24, 2.45) is 11.5 Å². The van der Waals surface area contributed by atoms with E-state index in [0.29, 0.717) is 19.7 Å². The molecule has 0 atom stereocenters. The van der Waals surface area contributed by atoms with Gasteiger partial charge in [0.05, 0.1) is 0 Å². The zero-order valence-electron chi connectivity index (χ0n) is 8.05. The summed E-state index contributed by atoms with van der Waals surface area (Å²) in [6.45, 7) is 5.53. The van der Waals surface area contributed by atoms with Gasteiger partial charge in [0.15, 0.2) is 0 Å². The minimum absolute atomic E-state index is 0.344. The predicted molar refractivity (Wildman–Crippen MR) is 53.0 cm³/mol.